The van der Waals surface area contributed by atoms with E-state index in [4.69, 9.17) is 11.6 Å². The quantitative estimate of drug-likeness (QED) is 0.453. The molecule has 0 unspecified atom stereocenters. The smallest absolute Gasteiger partial charge is 0.295 e. The summed E-state index contributed by atoms with van der Waals surface area (Å²) in [4.78, 5) is 31.1. The highest BCUT2D eigenvalue weighted by Crippen LogP contribution is 2.42. The molecule has 2 aliphatic rings. The summed E-state index contributed by atoms with van der Waals surface area (Å²) in [6.07, 6.45) is 3.30. The fraction of sp³-hybridized carbons (Fsp3) is 0.250. The number of pyridine rings is 1. The van der Waals surface area contributed by atoms with Gasteiger partial charge in [-0.1, -0.05) is 17.7 Å². The lowest BCUT2D eigenvalue weighted by atomic mass is 9.96. The molecule has 0 saturated carbocycles. The standard InChI is InChI=1S/C20H17ClN2O5S/c21-14-5-3-12(4-6-14)18(24)16-17(13-2-1-8-22-10-13)23(20(26)19(16)25)15-7-9-29(27,28)11-15/h1-6,8,10,15,17,24H,7,9,11H2/t15-,17-/m0/s1. The van der Waals surface area contributed by atoms with Crippen LogP contribution in [0.25, 0.3) is 5.76 Å². The van der Waals surface area contributed by atoms with Crippen molar-refractivity contribution in [2.24, 2.45) is 0 Å². The molecule has 29 heavy (non-hydrogen) atoms. The Labute approximate surface area is 172 Å². The first-order valence-corrected chi connectivity index (χ1v) is 11.1. The van der Waals surface area contributed by atoms with Crippen LogP contribution in [0.3, 0.4) is 0 Å². The van der Waals surface area contributed by atoms with Gasteiger partial charge in [-0.05, 0) is 42.3 Å². The minimum atomic E-state index is -3.29. The Morgan fingerprint density at radius 1 is 1.17 bits per heavy atom. The van der Waals surface area contributed by atoms with Crippen LogP contribution >= 0.6 is 11.6 Å². The summed E-state index contributed by atoms with van der Waals surface area (Å²) in [5, 5.41) is 11.4. The number of sulfone groups is 1. The van der Waals surface area contributed by atoms with E-state index in [2.05, 4.69) is 4.98 Å². The monoisotopic (exact) mass is 432 g/mol. The average molecular weight is 433 g/mol. The predicted molar refractivity (Wildman–Crippen MR) is 107 cm³/mol. The van der Waals surface area contributed by atoms with E-state index >= 15 is 0 Å². The molecular weight excluding hydrogens is 416 g/mol. The summed E-state index contributed by atoms with van der Waals surface area (Å²) < 4.78 is 24.0. The summed E-state index contributed by atoms with van der Waals surface area (Å²) in [5.74, 6) is -2.26. The molecule has 1 N–H and O–H groups in total. The molecule has 150 valence electrons. The Morgan fingerprint density at radius 2 is 1.90 bits per heavy atom. The zero-order chi connectivity index (χ0) is 20.8. The van der Waals surface area contributed by atoms with E-state index in [0.29, 0.717) is 16.1 Å². The molecule has 1 aromatic heterocycles. The number of hydrogen-bond donors (Lipinski definition) is 1. The van der Waals surface area contributed by atoms with Crippen molar-refractivity contribution in [1.29, 1.82) is 0 Å². The van der Waals surface area contributed by atoms with Crippen LogP contribution in [0.15, 0.2) is 54.4 Å². The van der Waals surface area contributed by atoms with Crippen molar-refractivity contribution in [3.8, 4) is 0 Å². The number of carbonyl (C=O) groups excluding carboxylic acids is 2. The number of Topliss-reactive ketones (excluding diaryl/α,β-unsaturated/α-hetero) is 1. The number of aliphatic hydroxyl groups excluding tert-OH is 1. The number of aromatic nitrogens is 1. The van der Waals surface area contributed by atoms with Crippen LogP contribution in [0.4, 0.5) is 0 Å². The summed E-state index contributed by atoms with van der Waals surface area (Å²) in [5.41, 5.74) is 0.765. The predicted octanol–water partition coefficient (Wildman–Crippen LogP) is 2.34. The van der Waals surface area contributed by atoms with Gasteiger partial charge >= 0.3 is 0 Å². The minimum Gasteiger partial charge on any atom is -0.507 e. The first kappa shape index (κ1) is 19.6. The molecule has 2 aliphatic heterocycles. The number of halogens is 1. The lowest BCUT2D eigenvalue weighted by Gasteiger charge is -2.29. The van der Waals surface area contributed by atoms with Crippen LogP contribution < -0.4 is 0 Å². The third kappa shape index (κ3) is 3.54. The van der Waals surface area contributed by atoms with Gasteiger partial charge in [-0.15, -0.1) is 0 Å². The topological polar surface area (TPSA) is 105 Å². The number of carbonyl (C=O) groups is 2. The third-order valence-electron chi connectivity index (χ3n) is 5.20. The molecular formula is C20H17ClN2O5S. The minimum absolute atomic E-state index is 0.0440. The van der Waals surface area contributed by atoms with E-state index in [0.717, 1.165) is 0 Å². The van der Waals surface area contributed by atoms with Gasteiger partial charge in [-0.2, -0.15) is 0 Å². The van der Waals surface area contributed by atoms with E-state index in [9.17, 15) is 23.1 Å². The van der Waals surface area contributed by atoms with Crippen LogP contribution in [-0.4, -0.2) is 52.6 Å². The fourth-order valence-electron chi connectivity index (χ4n) is 3.85. The first-order valence-electron chi connectivity index (χ1n) is 8.95. The molecule has 3 heterocycles. The first-order chi connectivity index (χ1) is 13.8. The maximum atomic E-state index is 12.9. The second-order valence-electron chi connectivity index (χ2n) is 7.06. The molecule has 0 bridgehead atoms. The Bertz CT molecular complexity index is 1110. The number of benzene rings is 1. The molecule has 0 radical (unpaired) electrons. The van der Waals surface area contributed by atoms with Gasteiger partial charge in [0.2, 0.25) is 0 Å². The van der Waals surface area contributed by atoms with Gasteiger partial charge in [-0.3, -0.25) is 14.6 Å². The molecule has 2 fully saturated rings. The van der Waals surface area contributed by atoms with E-state index in [1.165, 1.54) is 11.1 Å². The zero-order valence-corrected chi connectivity index (χ0v) is 16.7. The number of nitrogens with zero attached hydrogens (tertiary/aromatic N) is 2. The lowest BCUT2D eigenvalue weighted by Crippen LogP contribution is -2.40. The van der Waals surface area contributed by atoms with E-state index in [-0.39, 0.29) is 29.3 Å². The van der Waals surface area contributed by atoms with Gasteiger partial charge in [0.1, 0.15) is 5.76 Å². The molecule has 2 atom stereocenters. The van der Waals surface area contributed by atoms with Crippen molar-refractivity contribution in [3.05, 3.63) is 70.5 Å². The Kier molecular flexibility index (Phi) is 4.92. The molecule has 0 spiro atoms. The molecule has 2 aromatic rings. The number of hydrogen-bond acceptors (Lipinski definition) is 6. The fourth-order valence-corrected chi connectivity index (χ4v) is 5.69. The second kappa shape index (κ2) is 7.27. The SMILES string of the molecule is O=C1C(=O)N([C@H]2CCS(=O)(=O)C2)[C@@H](c2cccnc2)C1=C(O)c1ccc(Cl)cc1. The van der Waals surface area contributed by atoms with Crippen molar-refractivity contribution < 1.29 is 23.1 Å². The number of amides is 1. The number of ketones is 1. The Morgan fingerprint density at radius 3 is 2.48 bits per heavy atom. The highest BCUT2D eigenvalue weighted by molar-refractivity contribution is 7.91. The Hall–Kier alpha value is -2.71. The summed E-state index contributed by atoms with van der Waals surface area (Å²) >= 11 is 5.90. The van der Waals surface area contributed by atoms with Crippen molar-refractivity contribution >= 4 is 38.9 Å². The van der Waals surface area contributed by atoms with Crippen molar-refractivity contribution in [2.75, 3.05) is 11.5 Å². The van der Waals surface area contributed by atoms with Gasteiger partial charge in [0.25, 0.3) is 11.7 Å². The normalized spacial score (nSPS) is 25.5. The van der Waals surface area contributed by atoms with Crippen LogP contribution in [0.1, 0.15) is 23.6 Å². The van der Waals surface area contributed by atoms with Gasteiger partial charge in [-0.25, -0.2) is 8.42 Å². The van der Waals surface area contributed by atoms with Gasteiger partial charge in [0.15, 0.2) is 9.84 Å². The van der Waals surface area contributed by atoms with Gasteiger partial charge in [0.05, 0.1) is 23.1 Å². The van der Waals surface area contributed by atoms with E-state index in [1.807, 2.05) is 0 Å². The molecule has 2 saturated heterocycles. The highest BCUT2D eigenvalue weighted by atomic mass is 35.5. The number of rotatable bonds is 3. The largest absolute Gasteiger partial charge is 0.507 e. The lowest BCUT2D eigenvalue weighted by molar-refractivity contribution is -0.141. The molecule has 1 amide bonds. The van der Waals surface area contributed by atoms with Crippen LogP contribution in [0.2, 0.25) is 5.02 Å². The molecule has 0 aliphatic carbocycles. The van der Waals surface area contributed by atoms with Crippen molar-refractivity contribution in [3.63, 3.8) is 0 Å². The zero-order valence-electron chi connectivity index (χ0n) is 15.2. The highest BCUT2D eigenvalue weighted by Gasteiger charge is 2.51. The third-order valence-corrected chi connectivity index (χ3v) is 7.20. The van der Waals surface area contributed by atoms with Gasteiger partial charge < -0.3 is 10.0 Å². The maximum absolute atomic E-state index is 12.9. The summed E-state index contributed by atoms with van der Waals surface area (Å²) in [6, 6.07) is 8.01. The summed E-state index contributed by atoms with van der Waals surface area (Å²) in [7, 11) is -3.29. The maximum Gasteiger partial charge on any atom is 0.295 e. The van der Waals surface area contributed by atoms with Crippen LogP contribution in [-0.2, 0) is 19.4 Å². The molecule has 7 nitrogen and oxygen atoms in total. The van der Waals surface area contributed by atoms with E-state index in [1.54, 1.807) is 42.6 Å². The molecule has 9 heteroatoms. The van der Waals surface area contributed by atoms with E-state index < -0.39 is 33.6 Å². The van der Waals surface area contributed by atoms with Crippen molar-refractivity contribution in [1.82, 2.24) is 9.88 Å². The average Bonchev–Trinajstić information content (AvgIpc) is 3.19. The van der Waals surface area contributed by atoms with Crippen LogP contribution in [0, 0.1) is 0 Å². The number of likely N-dealkylation sites (tertiary alicyclic amines) is 1. The number of aliphatic hydroxyl groups is 1. The molecule has 4 rings (SSSR count). The Balaban J connectivity index is 1.88. The molecule has 1 aromatic carbocycles. The summed E-state index contributed by atoms with van der Waals surface area (Å²) in [6.45, 7) is 0. The second-order valence-corrected chi connectivity index (χ2v) is 9.72. The van der Waals surface area contributed by atoms with Crippen molar-refractivity contribution in [2.45, 2.75) is 18.5 Å². The van der Waals surface area contributed by atoms with Crippen LogP contribution in [0.5, 0.6) is 0 Å². The van der Waals surface area contributed by atoms with Gasteiger partial charge in [0, 0.05) is 29.0 Å².